The lowest BCUT2D eigenvalue weighted by Gasteiger charge is -2.06. The van der Waals surface area contributed by atoms with Crippen molar-refractivity contribution in [1.82, 2.24) is 9.78 Å². The molecular formula is C17H14Cl2N4O4. The van der Waals surface area contributed by atoms with Gasteiger partial charge in [-0.05, 0) is 30.3 Å². The van der Waals surface area contributed by atoms with Gasteiger partial charge in [-0.25, -0.2) is 0 Å². The normalized spacial score (nSPS) is 10.6. The van der Waals surface area contributed by atoms with Gasteiger partial charge in [-0.15, -0.1) is 0 Å². The highest BCUT2D eigenvalue weighted by atomic mass is 35.5. The van der Waals surface area contributed by atoms with Crippen LogP contribution in [-0.4, -0.2) is 21.6 Å². The van der Waals surface area contributed by atoms with Crippen LogP contribution in [0.25, 0.3) is 0 Å². The molecule has 2 amide bonds. The number of halogens is 2. The predicted octanol–water partition coefficient (Wildman–Crippen LogP) is 3.25. The van der Waals surface area contributed by atoms with Crippen LogP contribution in [0.5, 0.6) is 5.75 Å². The van der Waals surface area contributed by atoms with E-state index in [1.165, 1.54) is 16.9 Å². The molecule has 0 aliphatic heterocycles. The highest BCUT2D eigenvalue weighted by Gasteiger charge is 2.19. The molecule has 0 radical (unpaired) electrons. The molecule has 0 unspecified atom stereocenters. The largest absolute Gasteiger partial charge is 0.484 e. The van der Waals surface area contributed by atoms with Crippen LogP contribution in [0.4, 0.5) is 5.69 Å². The summed E-state index contributed by atoms with van der Waals surface area (Å²) >= 11 is 11.9. The van der Waals surface area contributed by atoms with Gasteiger partial charge < -0.3 is 20.2 Å². The van der Waals surface area contributed by atoms with Crippen LogP contribution in [0, 0.1) is 0 Å². The summed E-state index contributed by atoms with van der Waals surface area (Å²) in [6, 6.07) is 7.92. The Labute approximate surface area is 163 Å². The van der Waals surface area contributed by atoms with E-state index in [2.05, 4.69) is 10.4 Å². The summed E-state index contributed by atoms with van der Waals surface area (Å²) in [5.41, 5.74) is 5.56. The molecule has 3 N–H and O–H groups in total. The summed E-state index contributed by atoms with van der Waals surface area (Å²) in [7, 11) is 1.54. The van der Waals surface area contributed by atoms with Gasteiger partial charge in [0, 0.05) is 12.1 Å². The van der Waals surface area contributed by atoms with E-state index in [4.69, 9.17) is 38.1 Å². The minimum Gasteiger partial charge on any atom is -0.484 e. The van der Waals surface area contributed by atoms with E-state index in [1.807, 2.05) is 0 Å². The highest BCUT2D eigenvalue weighted by molar-refractivity contribution is 6.35. The maximum Gasteiger partial charge on any atom is 0.291 e. The number of anilines is 1. The van der Waals surface area contributed by atoms with E-state index in [-0.39, 0.29) is 23.7 Å². The Hall–Kier alpha value is -2.97. The first-order chi connectivity index (χ1) is 12.8. The summed E-state index contributed by atoms with van der Waals surface area (Å²) < 4.78 is 12.3. The Bertz CT molecular complexity index is 1010. The summed E-state index contributed by atoms with van der Waals surface area (Å²) in [5, 5.41) is 7.29. The minimum atomic E-state index is -0.710. The molecule has 1 aromatic carbocycles. The van der Waals surface area contributed by atoms with Gasteiger partial charge >= 0.3 is 0 Å². The first kappa shape index (κ1) is 18.8. The van der Waals surface area contributed by atoms with E-state index in [0.29, 0.717) is 21.6 Å². The molecule has 0 fully saturated rings. The van der Waals surface area contributed by atoms with Crippen molar-refractivity contribution in [3.05, 3.63) is 63.8 Å². The van der Waals surface area contributed by atoms with Crippen molar-refractivity contribution in [2.24, 2.45) is 12.8 Å². The van der Waals surface area contributed by atoms with Gasteiger partial charge in [0.25, 0.3) is 11.8 Å². The first-order valence-corrected chi connectivity index (χ1v) is 8.40. The van der Waals surface area contributed by atoms with Gasteiger partial charge in [-0.3, -0.25) is 14.3 Å². The average molecular weight is 409 g/mol. The molecule has 2 heterocycles. The van der Waals surface area contributed by atoms with E-state index >= 15 is 0 Å². The molecule has 3 rings (SSSR count). The number of benzene rings is 1. The van der Waals surface area contributed by atoms with Crippen molar-refractivity contribution in [3.8, 4) is 5.75 Å². The molecule has 27 heavy (non-hydrogen) atoms. The number of primary amides is 1. The van der Waals surface area contributed by atoms with Gasteiger partial charge in [0.1, 0.15) is 23.8 Å². The van der Waals surface area contributed by atoms with Crippen LogP contribution in [0.3, 0.4) is 0 Å². The minimum absolute atomic E-state index is 0.0371. The van der Waals surface area contributed by atoms with E-state index < -0.39 is 11.8 Å². The third kappa shape index (κ3) is 4.24. The van der Waals surface area contributed by atoms with Gasteiger partial charge in [-0.2, -0.15) is 5.10 Å². The van der Waals surface area contributed by atoms with Crippen LogP contribution in [0.1, 0.15) is 26.8 Å². The van der Waals surface area contributed by atoms with Crippen molar-refractivity contribution in [3.63, 3.8) is 0 Å². The fourth-order valence-electron chi connectivity index (χ4n) is 2.32. The quantitative estimate of drug-likeness (QED) is 0.649. The zero-order valence-corrected chi connectivity index (χ0v) is 15.5. The van der Waals surface area contributed by atoms with Gasteiger partial charge in [0.05, 0.1) is 16.9 Å². The summed E-state index contributed by atoms with van der Waals surface area (Å²) in [6.45, 7) is 0.0636. The number of aryl methyl sites for hydroxylation is 1. The highest BCUT2D eigenvalue weighted by Crippen LogP contribution is 2.28. The van der Waals surface area contributed by atoms with Gasteiger partial charge in [0.2, 0.25) is 0 Å². The Balaban J connectivity index is 1.66. The fourth-order valence-corrected chi connectivity index (χ4v) is 2.79. The van der Waals surface area contributed by atoms with Crippen molar-refractivity contribution in [1.29, 1.82) is 0 Å². The Morgan fingerprint density at radius 2 is 2.07 bits per heavy atom. The lowest BCUT2D eigenvalue weighted by molar-refractivity contribution is 0.0992. The average Bonchev–Trinajstić information content (AvgIpc) is 3.21. The van der Waals surface area contributed by atoms with Crippen molar-refractivity contribution < 1.29 is 18.7 Å². The molecule has 0 bridgehead atoms. The Kier molecular flexibility index (Phi) is 5.38. The molecule has 0 aliphatic rings. The lowest BCUT2D eigenvalue weighted by atomic mass is 10.3. The molecule has 10 heteroatoms. The van der Waals surface area contributed by atoms with E-state index in [1.54, 1.807) is 31.3 Å². The number of rotatable bonds is 6. The van der Waals surface area contributed by atoms with Crippen LogP contribution < -0.4 is 15.8 Å². The number of hydrogen-bond acceptors (Lipinski definition) is 5. The van der Waals surface area contributed by atoms with E-state index in [9.17, 15) is 9.59 Å². The van der Waals surface area contributed by atoms with Crippen LogP contribution in [0.2, 0.25) is 10.0 Å². The molecule has 0 aliphatic carbocycles. The number of nitrogens with two attached hydrogens (primary N) is 1. The molecule has 3 aromatic rings. The van der Waals surface area contributed by atoms with Gasteiger partial charge in [0.15, 0.2) is 5.76 Å². The Morgan fingerprint density at radius 1 is 1.30 bits per heavy atom. The van der Waals surface area contributed by atoms with Crippen LogP contribution >= 0.6 is 23.2 Å². The standard InChI is InChI=1S/C17H14Cl2N4O4/c1-23-15(16(20)24)12(7-21-23)22-17(25)14-5-3-10(27-14)8-26-13-4-2-9(18)6-11(13)19/h2-7H,8H2,1H3,(H2,20,24)(H,22,25). The van der Waals surface area contributed by atoms with Crippen molar-refractivity contribution in [2.75, 3.05) is 5.32 Å². The zero-order chi connectivity index (χ0) is 19.6. The van der Waals surface area contributed by atoms with Crippen molar-refractivity contribution in [2.45, 2.75) is 6.61 Å². The van der Waals surface area contributed by atoms with Gasteiger partial charge in [-0.1, -0.05) is 23.2 Å². The zero-order valence-electron chi connectivity index (χ0n) is 14.0. The second-order valence-electron chi connectivity index (χ2n) is 5.48. The summed E-state index contributed by atoms with van der Waals surface area (Å²) in [5.74, 6) is -0.382. The molecule has 0 atom stereocenters. The van der Waals surface area contributed by atoms with Crippen LogP contribution in [-0.2, 0) is 13.7 Å². The van der Waals surface area contributed by atoms with Crippen LogP contribution in [0.15, 0.2) is 40.9 Å². The number of amides is 2. The Morgan fingerprint density at radius 3 is 2.78 bits per heavy atom. The molecule has 140 valence electrons. The molecule has 2 aromatic heterocycles. The molecule has 0 spiro atoms. The SMILES string of the molecule is Cn1ncc(NC(=O)c2ccc(COc3ccc(Cl)cc3Cl)o2)c1C(N)=O. The topological polar surface area (TPSA) is 112 Å². The summed E-state index contributed by atoms with van der Waals surface area (Å²) in [6.07, 6.45) is 1.33. The number of aromatic nitrogens is 2. The number of hydrogen-bond donors (Lipinski definition) is 2. The fraction of sp³-hybridized carbons (Fsp3) is 0.118. The number of carbonyl (C=O) groups is 2. The third-order valence-electron chi connectivity index (χ3n) is 3.57. The third-order valence-corrected chi connectivity index (χ3v) is 4.10. The maximum atomic E-state index is 12.3. The maximum absolute atomic E-state index is 12.3. The second kappa shape index (κ2) is 7.73. The number of nitrogens with one attached hydrogen (secondary N) is 1. The smallest absolute Gasteiger partial charge is 0.291 e. The number of ether oxygens (including phenoxy) is 1. The molecule has 0 saturated carbocycles. The summed E-state index contributed by atoms with van der Waals surface area (Å²) in [4.78, 5) is 23.8. The van der Waals surface area contributed by atoms with E-state index in [0.717, 1.165) is 0 Å². The first-order valence-electron chi connectivity index (χ1n) is 7.65. The molecule has 0 saturated heterocycles. The number of furan rings is 1. The number of carbonyl (C=O) groups excluding carboxylic acids is 2. The number of nitrogens with zero attached hydrogens (tertiary/aromatic N) is 2. The second-order valence-corrected chi connectivity index (χ2v) is 6.32. The molecule has 8 nitrogen and oxygen atoms in total. The van der Waals surface area contributed by atoms with Crippen molar-refractivity contribution >= 4 is 40.7 Å². The lowest BCUT2D eigenvalue weighted by Crippen LogP contribution is -2.20. The predicted molar refractivity (Wildman–Crippen MR) is 99.2 cm³/mol. The monoisotopic (exact) mass is 408 g/mol. The molecular weight excluding hydrogens is 395 g/mol.